The molecular weight excluding hydrogens is 130 g/mol. The lowest BCUT2D eigenvalue weighted by Crippen LogP contribution is -2.49. The molecule has 0 radical (unpaired) electrons. The zero-order valence-corrected chi connectivity index (χ0v) is 5.18. The van der Waals surface area contributed by atoms with Gasteiger partial charge in [0.2, 0.25) is 0 Å². The van der Waals surface area contributed by atoms with Gasteiger partial charge >= 0.3 is 0 Å². The standard InChI is InChI=1S/C5H6N5/c6-10-2-1-7-3-5(10)8-4-9-10/h1-4H,6H2/q+1. The highest BCUT2D eigenvalue weighted by molar-refractivity contribution is 6.28. The van der Waals surface area contributed by atoms with Gasteiger partial charge in [-0.3, -0.25) is 4.99 Å². The van der Waals surface area contributed by atoms with Gasteiger partial charge < -0.3 is 0 Å². The van der Waals surface area contributed by atoms with Crippen LogP contribution in [-0.2, 0) is 0 Å². The maximum absolute atomic E-state index is 5.70. The maximum atomic E-state index is 5.70. The van der Waals surface area contributed by atoms with Crippen LogP contribution >= 0.6 is 0 Å². The molecule has 50 valence electrons. The molecular formula is C5H6N5+. The summed E-state index contributed by atoms with van der Waals surface area (Å²) in [6.45, 7) is 0. The van der Waals surface area contributed by atoms with Crippen molar-refractivity contribution in [1.29, 1.82) is 0 Å². The van der Waals surface area contributed by atoms with Gasteiger partial charge in [0.1, 0.15) is 6.21 Å². The lowest BCUT2D eigenvalue weighted by molar-refractivity contribution is -0.802. The second-order valence-corrected chi connectivity index (χ2v) is 2.03. The highest BCUT2D eigenvalue weighted by Crippen LogP contribution is 2.10. The molecule has 2 aliphatic rings. The minimum absolute atomic E-state index is 0.0938. The SMILES string of the molecule is N[N+]12C=CN=CC1=NC=N2. The number of hydrogen-bond acceptors (Lipinski definition) is 4. The van der Waals surface area contributed by atoms with E-state index in [1.165, 1.54) is 6.34 Å². The molecule has 0 fully saturated rings. The molecule has 2 aliphatic heterocycles. The first-order chi connectivity index (χ1) is 4.81. The smallest absolute Gasteiger partial charge is 0.251 e. The van der Waals surface area contributed by atoms with Crippen LogP contribution in [0.1, 0.15) is 0 Å². The van der Waals surface area contributed by atoms with E-state index in [9.17, 15) is 0 Å². The van der Waals surface area contributed by atoms with E-state index in [4.69, 9.17) is 5.84 Å². The van der Waals surface area contributed by atoms with Gasteiger partial charge in [-0.1, -0.05) is 0 Å². The number of hydrogen-bond donors (Lipinski definition) is 1. The third kappa shape index (κ3) is 0.554. The molecule has 0 aliphatic carbocycles. The predicted molar refractivity (Wildman–Crippen MR) is 38.0 cm³/mol. The van der Waals surface area contributed by atoms with Crippen LogP contribution in [0.3, 0.4) is 0 Å². The molecule has 0 aromatic carbocycles. The number of nitrogens with zero attached hydrogens (tertiary/aromatic N) is 4. The highest BCUT2D eigenvalue weighted by Gasteiger charge is 2.32. The molecule has 2 rings (SSSR count). The molecule has 0 saturated heterocycles. The van der Waals surface area contributed by atoms with Gasteiger partial charge in [0.15, 0.2) is 12.5 Å². The van der Waals surface area contributed by atoms with Gasteiger partial charge in [0, 0.05) is 0 Å². The van der Waals surface area contributed by atoms with Gasteiger partial charge in [-0.05, 0) is 9.80 Å². The quantitative estimate of drug-likeness (QED) is 0.357. The first-order valence-corrected chi connectivity index (χ1v) is 2.82. The second-order valence-electron chi connectivity index (χ2n) is 2.03. The van der Waals surface area contributed by atoms with Crippen LogP contribution in [0.2, 0.25) is 0 Å². The summed E-state index contributed by atoms with van der Waals surface area (Å²) in [5.41, 5.74) is 0. The normalized spacial score (nSPS) is 34.3. The molecule has 0 bridgehead atoms. The summed E-state index contributed by atoms with van der Waals surface area (Å²) in [6, 6.07) is 0. The van der Waals surface area contributed by atoms with Crippen LogP contribution in [0.15, 0.2) is 27.5 Å². The summed E-state index contributed by atoms with van der Waals surface area (Å²) in [7, 11) is 0. The molecule has 0 aromatic heterocycles. The summed E-state index contributed by atoms with van der Waals surface area (Å²) in [6.07, 6.45) is 6.27. The van der Waals surface area contributed by atoms with Crippen molar-refractivity contribution < 1.29 is 4.70 Å². The Hall–Kier alpha value is -1.33. The molecule has 0 amide bonds. The predicted octanol–water partition coefficient (Wildman–Crippen LogP) is -0.412. The Morgan fingerprint density at radius 3 is 3.20 bits per heavy atom. The van der Waals surface area contributed by atoms with Gasteiger partial charge in [-0.15, -0.1) is 5.84 Å². The number of rotatable bonds is 0. The van der Waals surface area contributed by atoms with Crippen LogP contribution < -0.4 is 5.84 Å². The third-order valence-electron chi connectivity index (χ3n) is 1.37. The number of aliphatic imine (C=N–C) groups is 2. The fraction of sp³-hybridized carbons (Fsp3) is 0. The van der Waals surface area contributed by atoms with E-state index >= 15 is 0 Å². The summed E-state index contributed by atoms with van der Waals surface area (Å²) in [5, 5.41) is 3.90. The summed E-state index contributed by atoms with van der Waals surface area (Å²) >= 11 is 0. The van der Waals surface area contributed by atoms with E-state index in [0.717, 1.165) is 0 Å². The van der Waals surface area contributed by atoms with Crippen LogP contribution in [0.25, 0.3) is 0 Å². The maximum Gasteiger partial charge on any atom is 0.299 e. The van der Waals surface area contributed by atoms with Crippen molar-refractivity contribution in [2.45, 2.75) is 0 Å². The number of quaternary nitrogens is 1. The fourth-order valence-electron chi connectivity index (χ4n) is 0.813. The molecule has 5 heteroatoms. The minimum atomic E-state index is -0.0938. The van der Waals surface area contributed by atoms with Crippen LogP contribution in [0.5, 0.6) is 0 Å². The van der Waals surface area contributed by atoms with Crippen molar-refractivity contribution in [3.8, 4) is 0 Å². The Kier molecular flexibility index (Phi) is 0.865. The van der Waals surface area contributed by atoms with Crippen molar-refractivity contribution >= 4 is 18.4 Å². The first-order valence-electron chi connectivity index (χ1n) is 2.82. The van der Waals surface area contributed by atoms with Gasteiger partial charge in [0.25, 0.3) is 5.84 Å². The molecule has 10 heavy (non-hydrogen) atoms. The number of fused-ring (bicyclic) bond motifs is 1. The second kappa shape index (κ2) is 1.59. The molecule has 0 spiro atoms. The molecule has 2 heterocycles. The van der Waals surface area contributed by atoms with Crippen LogP contribution in [0, 0.1) is 0 Å². The summed E-state index contributed by atoms with van der Waals surface area (Å²) < 4.78 is -0.0938. The van der Waals surface area contributed by atoms with E-state index < -0.39 is 0 Å². The van der Waals surface area contributed by atoms with Crippen molar-refractivity contribution in [3.63, 3.8) is 0 Å². The summed E-state index contributed by atoms with van der Waals surface area (Å²) in [5.74, 6) is 6.34. The lowest BCUT2D eigenvalue weighted by Gasteiger charge is -2.16. The van der Waals surface area contributed by atoms with Crippen molar-refractivity contribution in [3.05, 3.63) is 12.4 Å². The van der Waals surface area contributed by atoms with Crippen molar-refractivity contribution in [2.24, 2.45) is 20.9 Å². The Morgan fingerprint density at radius 1 is 1.50 bits per heavy atom. The lowest BCUT2D eigenvalue weighted by atomic mass is 10.5. The Bertz CT molecular complexity index is 274. The van der Waals surface area contributed by atoms with Crippen molar-refractivity contribution in [1.82, 2.24) is 0 Å². The average Bonchev–Trinajstić information content (AvgIpc) is 2.29. The topological polar surface area (TPSA) is 63.1 Å². The van der Waals surface area contributed by atoms with E-state index in [1.807, 2.05) is 0 Å². The van der Waals surface area contributed by atoms with E-state index in [2.05, 4.69) is 15.1 Å². The monoisotopic (exact) mass is 136 g/mol. The highest BCUT2D eigenvalue weighted by atomic mass is 15.8. The summed E-state index contributed by atoms with van der Waals surface area (Å²) in [4.78, 5) is 7.75. The fourth-order valence-corrected chi connectivity index (χ4v) is 0.813. The molecule has 0 aromatic rings. The van der Waals surface area contributed by atoms with Crippen LogP contribution in [0.4, 0.5) is 0 Å². The van der Waals surface area contributed by atoms with Crippen LogP contribution in [-0.4, -0.2) is 23.1 Å². The molecule has 0 saturated carbocycles. The Morgan fingerprint density at radius 2 is 2.40 bits per heavy atom. The Balaban J connectivity index is 2.51. The van der Waals surface area contributed by atoms with E-state index in [1.54, 1.807) is 18.6 Å². The molecule has 2 N–H and O–H groups in total. The number of amidine groups is 1. The van der Waals surface area contributed by atoms with Gasteiger partial charge in [-0.2, -0.15) is 4.99 Å². The third-order valence-corrected chi connectivity index (χ3v) is 1.37. The molecule has 5 nitrogen and oxygen atoms in total. The molecule has 1 unspecified atom stereocenters. The van der Waals surface area contributed by atoms with Gasteiger partial charge in [-0.25, -0.2) is 0 Å². The zero-order valence-electron chi connectivity index (χ0n) is 5.18. The molecule has 1 atom stereocenters. The Labute approximate surface area is 57.4 Å². The zero-order chi connectivity index (χ0) is 7.03. The van der Waals surface area contributed by atoms with E-state index in [-0.39, 0.29) is 4.70 Å². The first kappa shape index (κ1) is 5.45. The minimum Gasteiger partial charge on any atom is -0.251 e. The number of nitrogens with two attached hydrogens (primary N) is 1. The van der Waals surface area contributed by atoms with Crippen molar-refractivity contribution in [2.75, 3.05) is 0 Å². The average molecular weight is 136 g/mol. The van der Waals surface area contributed by atoms with E-state index in [0.29, 0.717) is 5.84 Å². The largest absolute Gasteiger partial charge is 0.299 e. The van der Waals surface area contributed by atoms with Gasteiger partial charge in [0.05, 0.1) is 6.20 Å².